The van der Waals surface area contributed by atoms with Crippen LogP contribution in [0.5, 0.6) is 0 Å². The average Bonchev–Trinajstić information content (AvgIpc) is 2.19. The average molecular weight is 200 g/mol. The smallest absolute Gasteiger partial charge is 0.221 e. The Balaban J connectivity index is 2.05. The van der Waals surface area contributed by atoms with Crippen molar-refractivity contribution in [3.63, 3.8) is 0 Å². The highest BCUT2D eigenvalue weighted by Gasteiger charge is 2.14. The van der Waals surface area contributed by atoms with Crippen LogP contribution in [-0.4, -0.2) is 32.2 Å². The molecule has 0 aromatic heterocycles. The van der Waals surface area contributed by atoms with Gasteiger partial charge in [-0.2, -0.15) is 0 Å². The van der Waals surface area contributed by atoms with Gasteiger partial charge >= 0.3 is 0 Å². The van der Waals surface area contributed by atoms with Gasteiger partial charge in [0.2, 0.25) is 5.91 Å². The number of carbonyl (C=O) groups excluding carboxylic acids is 1. The zero-order chi connectivity index (χ0) is 10.4. The summed E-state index contributed by atoms with van der Waals surface area (Å²) in [5, 5.41) is 3.26. The Bertz CT molecular complexity index is 179. The highest BCUT2D eigenvalue weighted by atomic mass is 16.5. The van der Waals surface area contributed by atoms with Crippen molar-refractivity contribution in [3.05, 3.63) is 0 Å². The molecular weight excluding hydrogens is 180 g/mol. The van der Waals surface area contributed by atoms with Crippen molar-refractivity contribution in [2.75, 3.05) is 26.3 Å². The molecule has 1 fully saturated rings. The maximum absolute atomic E-state index is 10.7. The summed E-state index contributed by atoms with van der Waals surface area (Å²) < 4.78 is 5.36. The van der Waals surface area contributed by atoms with Crippen molar-refractivity contribution < 1.29 is 9.53 Å². The van der Waals surface area contributed by atoms with Crippen molar-refractivity contribution in [2.24, 2.45) is 17.6 Å². The second kappa shape index (κ2) is 5.98. The number of rotatable bonds is 5. The molecule has 3 N–H and O–H groups in total. The minimum Gasteiger partial charge on any atom is -0.381 e. The summed E-state index contributed by atoms with van der Waals surface area (Å²) in [4.78, 5) is 10.7. The van der Waals surface area contributed by atoms with Gasteiger partial charge in [-0.15, -0.1) is 0 Å². The van der Waals surface area contributed by atoms with Gasteiger partial charge in [0.25, 0.3) is 0 Å². The fourth-order valence-corrected chi connectivity index (χ4v) is 1.57. The normalized spacial score (nSPS) is 24.5. The zero-order valence-corrected chi connectivity index (χ0v) is 8.79. The van der Waals surface area contributed by atoms with Crippen LogP contribution in [0.4, 0.5) is 0 Å². The zero-order valence-electron chi connectivity index (χ0n) is 8.79. The molecule has 82 valence electrons. The maximum atomic E-state index is 10.7. The van der Waals surface area contributed by atoms with Gasteiger partial charge in [-0.1, -0.05) is 6.92 Å². The van der Waals surface area contributed by atoms with Crippen LogP contribution in [0.1, 0.15) is 19.8 Å². The van der Waals surface area contributed by atoms with Crippen molar-refractivity contribution in [2.45, 2.75) is 19.8 Å². The lowest BCUT2D eigenvalue weighted by Crippen LogP contribution is -2.35. The maximum Gasteiger partial charge on any atom is 0.221 e. The molecule has 1 saturated heterocycles. The molecule has 0 aliphatic carbocycles. The van der Waals surface area contributed by atoms with E-state index in [1.807, 2.05) is 6.92 Å². The summed E-state index contributed by atoms with van der Waals surface area (Å²) in [7, 11) is 0. The molecule has 2 atom stereocenters. The van der Waals surface area contributed by atoms with Crippen LogP contribution in [0.15, 0.2) is 0 Å². The van der Waals surface area contributed by atoms with Crippen molar-refractivity contribution in [1.82, 2.24) is 5.32 Å². The van der Waals surface area contributed by atoms with E-state index in [4.69, 9.17) is 10.5 Å². The number of hydrogen-bond acceptors (Lipinski definition) is 3. The first-order valence-corrected chi connectivity index (χ1v) is 5.28. The molecular formula is C10H20N2O2. The molecule has 0 aromatic rings. The number of amides is 1. The van der Waals surface area contributed by atoms with E-state index in [0.29, 0.717) is 12.5 Å². The van der Waals surface area contributed by atoms with Crippen LogP contribution in [0.3, 0.4) is 0 Å². The Morgan fingerprint density at radius 1 is 1.71 bits per heavy atom. The third kappa shape index (κ3) is 4.07. The second-order valence-corrected chi connectivity index (χ2v) is 4.04. The largest absolute Gasteiger partial charge is 0.381 e. The molecule has 0 radical (unpaired) electrons. The molecule has 14 heavy (non-hydrogen) atoms. The monoisotopic (exact) mass is 200 g/mol. The lowest BCUT2D eigenvalue weighted by molar-refractivity contribution is -0.121. The van der Waals surface area contributed by atoms with Crippen LogP contribution in [0.2, 0.25) is 0 Å². The number of hydrogen-bond donors (Lipinski definition) is 2. The predicted molar refractivity (Wildman–Crippen MR) is 54.8 cm³/mol. The number of primary amides is 1. The number of carbonyl (C=O) groups is 1. The molecule has 1 heterocycles. The van der Waals surface area contributed by atoms with Gasteiger partial charge in [-0.05, 0) is 18.8 Å². The fourth-order valence-electron chi connectivity index (χ4n) is 1.57. The Labute approximate surface area is 85.2 Å². The molecule has 0 spiro atoms. The van der Waals surface area contributed by atoms with Gasteiger partial charge in [0.15, 0.2) is 0 Å². The standard InChI is InChI=1S/C10H20N2O2/c1-8(10(11)13)5-12-6-9-3-2-4-14-7-9/h8-9,12H,2-7H2,1H3,(H2,11,13). The predicted octanol–water partition coefficient (Wildman–Crippen LogP) is 0.124. The number of nitrogens with two attached hydrogens (primary N) is 1. The van der Waals surface area contributed by atoms with Gasteiger partial charge in [0, 0.05) is 25.6 Å². The molecule has 1 rings (SSSR count). The minimum atomic E-state index is -0.239. The van der Waals surface area contributed by atoms with Gasteiger partial charge in [0.05, 0.1) is 6.61 Å². The summed E-state index contributed by atoms with van der Waals surface area (Å²) in [6.07, 6.45) is 2.37. The van der Waals surface area contributed by atoms with E-state index in [9.17, 15) is 4.79 Å². The molecule has 1 amide bonds. The first-order valence-electron chi connectivity index (χ1n) is 5.28. The first kappa shape index (κ1) is 11.5. The van der Waals surface area contributed by atoms with Crippen LogP contribution < -0.4 is 11.1 Å². The Hall–Kier alpha value is -0.610. The third-order valence-corrected chi connectivity index (χ3v) is 2.62. The van der Waals surface area contributed by atoms with E-state index in [-0.39, 0.29) is 11.8 Å². The first-order chi connectivity index (χ1) is 6.70. The summed E-state index contributed by atoms with van der Waals surface area (Å²) >= 11 is 0. The van der Waals surface area contributed by atoms with Gasteiger partial charge in [0.1, 0.15) is 0 Å². The summed E-state index contributed by atoms with van der Waals surface area (Å²) in [5.41, 5.74) is 5.15. The number of nitrogens with one attached hydrogen (secondary N) is 1. The molecule has 0 bridgehead atoms. The lowest BCUT2D eigenvalue weighted by atomic mass is 10.0. The van der Waals surface area contributed by atoms with E-state index >= 15 is 0 Å². The molecule has 0 aromatic carbocycles. The Kier molecular flexibility index (Phi) is 4.90. The van der Waals surface area contributed by atoms with Crippen LogP contribution >= 0.6 is 0 Å². The topological polar surface area (TPSA) is 64.3 Å². The number of ether oxygens (including phenoxy) is 1. The van der Waals surface area contributed by atoms with Gasteiger partial charge < -0.3 is 15.8 Å². The minimum absolute atomic E-state index is 0.0838. The SMILES string of the molecule is CC(CNCC1CCCOC1)C(N)=O. The quantitative estimate of drug-likeness (QED) is 0.662. The molecule has 1 aliphatic heterocycles. The third-order valence-electron chi connectivity index (χ3n) is 2.62. The van der Waals surface area contributed by atoms with Crippen LogP contribution in [0.25, 0.3) is 0 Å². The summed E-state index contributed by atoms with van der Waals surface area (Å²) in [5.74, 6) is 0.278. The fraction of sp³-hybridized carbons (Fsp3) is 0.900. The van der Waals surface area contributed by atoms with Crippen molar-refractivity contribution in [1.29, 1.82) is 0 Å². The van der Waals surface area contributed by atoms with Crippen molar-refractivity contribution >= 4 is 5.91 Å². The molecule has 4 nitrogen and oxygen atoms in total. The van der Waals surface area contributed by atoms with E-state index < -0.39 is 0 Å². The summed E-state index contributed by atoms with van der Waals surface area (Å²) in [6.45, 7) is 5.18. The lowest BCUT2D eigenvalue weighted by Gasteiger charge is -2.22. The van der Waals surface area contributed by atoms with Crippen LogP contribution in [0, 0.1) is 11.8 Å². The molecule has 2 unspecified atom stereocenters. The van der Waals surface area contributed by atoms with Crippen molar-refractivity contribution in [3.8, 4) is 0 Å². The second-order valence-electron chi connectivity index (χ2n) is 4.04. The van der Waals surface area contributed by atoms with E-state index in [2.05, 4.69) is 5.32 Å². The Morgan fingerprint density at radius 2 is 2.50 bits per heavy atom. The van der Waals surface area contributed by atoms with Gasteiger partial charge in [-0.25, -0.2) is 0 Å². The highest BCUT2D eigenvalue weighted by Crippen LogP contribution is 2.12. The summed E-state index contributed by atoms with van der Waals surface area (Å²) in [6, 6.07) is 0. The van der Waals surface area contributed by atoms with E-state index in [1.165, 1.54) is 6.42 Å². The molecule has 0 saturated carbocycles. The Morgan fingerprint density at radius 3 is 3.07 bits per heavy atom. The van der Waals surface area contributed by atoms with Gasteiger partial charge in [-0.3, -0.25) is 4.79 Å². The molecule has 4 heteroatoms. The van der Waals surface area contributed by atoms with E-state index in [0.717, 1.165) is 26.2 Å². The molecule has 1 aliphatic rings. The van der Waals surface area contributed by atoms with Crippen LogP contribution in [-0.2, 0) is 9.53 Å². The highest BCUT2D eigenvalue weighted by molar-refractivity contribution is 5.76. The van der Waals surface area contributed by atoms with E-state index in [1.54, 1.807) is 0 Å².